The van der Waals surface area contributed by atoms with Gasteiger partial charge in [0.2, 0.25) is 0 Å². The highest BCUT2D eigenvalue weighted by Gasteiger charge is 2.11. The first-order chi connectivity index (χ1) is 9.56. The van der Waals surface area contributed by atoms with E-state index in [1.54, 1.807) is 31.3 Å². The number of amides is 1. The molecule has 2 rings (SSSR count). The highest BCUT2D eigenvalue weighted by Crippen LogP contribution is 2.13. The number of rotatable bonds is 5. The second-order valence-corrected chi connectivity index (χ2v) is 4.72. The molecule has 104 valence electrons. The monoisotopic (exact) mass is 272 g/mol. The van der Waals surface area contributed by atoms with Gasteiger partial charge in [-0.05, 0) is 37.6 Å². The molecule has 0 fully saturated rings. The number of aliphatic carboxylic acids is 1. The first-order valence-corrected chi connectivity index (χ1v) is 6.43. The van der Waals surface area contributed by atoms with Crippen LogP contribution in [0.3, 0.4) is 0 Å². The number of nitrogens with zero attached hydrogens (tertiary/aromatic N) is 1. The molecular formula is C15H16N2O3. The van der Waals surface area contributed by atoms with E-state index in [2.05, 4.69) is 10.3 Å². The van der Waals surface area contributed by atoms with Crippen molar-refractivity contribution in [2.24, 2.45) is 0 Å². The Balaban J connectivity index is 2.05. The molecule has 5 heteroatoms. The van der Waals surface area contributed by atoms with E-state index in [4.69, 9.17) is 5.11 Å². The van der Waals surface area contributed by atoms with Crippen molar-refractivity contribution in [2.45, 2.75) is 25.8 Å². The fourth-order valence-electron chi connectivity index (χ4n) is 1.94. The van der Waals surface area contributed by atoms with E-state index < -0.39 is 5.97 Å². The maximum absolute atomic E-state index is 12.1. The van der Waals surface area contributed by atoms with E-state index in [1.165, 1.54) is 0 Å². The molecule has 0 aliphatic heterocycles. The fourth-order valence-corrected chi connectivity index (χ4v) is 1.94. The predicted octanol–water partition coefficient (Wildman–Crippen LogP) is 2.22. The van der Waals surface area contributed by atoms with E-state index >= 15 is 0 Å². The third-order valence-corrected chi connectivity index (χ3v) is 3.03. The van der Waals surface area contributed by atoms with Crippen LogP contribution < -0.4 is 5.32 Å². The second kappa shape index (κ2) is 6.14. The Morgan fingerprint density at radius 2 is 2.15 bits per heavy atom. The zero-order valence-corrected chi connectivity index (χ0v) is 11.2. The van der Waals surface area contributed by atoms with Gasteiger partial charge in [-0.1, -0.05) is 6.07 Å². The van der Waals surface area contributed by atoms with Gasteiger partial charge in [-0.25, -0.2) is 0 Å². The van der Waals surface area contributed by atoms with Crippen molar-refractivity contribution in [3.05, 3.63) is 42.1 Å². The third kappa shape index (κ3) is 3.54. The largest absolute Gasteiger partial charge is 0.481 e. The van der Waals surface area contributed by atoms with Crippen LogP contribution in [-0.4, -0.2) is 28.0 Å². The molecule has 5 nitrogen and oxygen atoms in total. The Bertz CT molecular complexity index is 640. The molecule has 1 heterocycles. The van der Waals surface area contributed by atoms with Gasteiger partial charge in [-0.3, -0.25) is 14.6 Å². The van der Waals surface area contributed by atoms with E-state index in [0.717, 1.165) is 10.9 Å². The maximum atomic E-state index is 12.1. The summed E-state index contributed by atoms with van der Waals surface area (Å²) in [5.74, 6) is -1.06. The normalized spacial score (nSPS) is 12.1. The zero-order chi connectivity index (χ0) is 14.5. The van der Waals surface area contributed by atoms with Crippen LogP contribution >= 0.6 is 0 Å². The summed E-state index contributed by atoms with van der Waals surface area (Å²) in [5, 5.41) is 12.3. The number of carbonyl (C=O) groups excluding carboxylic acids is 1. The Hall–Kier alpha value is -2.43. The van der Waals surface area contributed by atoms with Crippen molar-refractivity contribution in [1.82, 2.24) is 10.3 Å². The lowest BCUT2D eigenvalue weighted by Gasteiger charge is -2.13. The number of pyridine rings is 1. The predicted molar refractivity (Wildman–Crippen MR) is 75.5 cm³/mol. The van der Waals surface area contributed by atoms with Crippen molar-refractivity contribution in [1.29, 1.82) is 0 Å². The summed E-state index contributed by atoms with van der Waals surface area (Å²) >= 11 is 0. The van der Waals surface area contributed by atoms with Crippen molar-refractivity contribution >= 4 is 22.8 Å². The van der Waals surface area contributed by atoms with Crippen molar-refractivity contribution in [2.75, 3.05) is 0 Å². The lowest BCUT2D eigenvalue weighted by atomic mass is 10.1. The summed E-state index contributed by atoms with van der Waals surface area (Å²) in [6, 6.07) is 8.83. The van der Waals surface area contributed by atoms with Crippen LogP contribution in [0.1, 0.15) is 30.1 Å². The van der Waals surface area contributed by atoms with Crippen molar-refractivity contribution in [3.63, 3.8) is 0 Å². The van der Waals surface area contributed by atoms with Gasteiger partial charge in [0.25, 0.3) is 5.91 Å². The number of carboxylic acids is 1. The molecule has 0 aliphatic carbocycles. The van der Waals surface area contributed by atoms with Crippen molar-refractivity contribution < 1.29 is 14.7 Å². The quantitative estimate of drug-likeness (QED) is 0.874. The maximum Gasteiger partial charge on any atom is 0.303 e. The molecule has 2 aromatic rings. The minimum Gasteiger partial charge on any atom is -0.481 e. The Morgan fingerprint density at radius 1 is 1.35 bits per heavy atom. The number of nitrogens with one attached hydrogen (secondary N) is 1. The van der Waals surface area contributed by atoms with Crippen LogP contribution in [0, 0.1) is 0 Å². The number of benzene rings is 1. The molecule has 1 aromatic heterocycles. The number of fused-ring (bicyclic) bond motifs is 1. The lowest BCUT2D eigenvalue weighted by molar-refractivity contribution is -0.137. The van der Waals surface area contributed by atoms with Crippen LogP contribution in [0.4, 0.5) is 0 Å². The summed E-state index contributed by atoms with van der Waals surface area (Å²) in [7, 11) is 0. The van der Waals surface area contributed by atoms with Crippen LogP contribution in [0.15, 0.2) is 36.5 Å². The molecule has 0 spiro atoms. The first-order valence-electron chi connectivity index (χ1n) is 6.43. The molecule has 0 aliphatic rings. The van der Waals surface area contributed by atoms with Crippen molar-refractivity contribution in [3.8, 4) is 0 Å². The van der Waals surface area contributed by atoms with Gasteiger partial charge < -0.3 is 10.4 Å². The smallest absolute Gasteiger partial charge is 0.303 e. The second-order valence-electron chi connectivity index (χ2n) is 4.72. The zero-order valence-electron chi connectivity index (χ0n) is 11.2. The van der Waals surface area contributed by atoms with Crippen LogP contribution in [0.2, 0.25) is 0 Å². The average Bonchev–Trinajstić information content (AvgIpc) is 2.44. The molecule has 0 unspecified atom stereocenters. The van der Waals surface area contributed by atoms with Gasteiger partial charge >= 0.3 is 5.97 Å². The van der Waals surface area contributed by atoms with Gasteiger partial charge in [-0.15, -0.1) is 0 Å². The third-order valence-electron chi connectivity index (χ3n) is 3.03. The summed E-state index contributed by atoms with van der Waals surface area (Å²) < 4.78 is 0. The molecule has 1 amide bonds. The number of carboxylic acid groups (broad SMARTS) is 1. The van der Waals surface area contributed by atoms with E-state index in [-0.39, 0.29) is 18.4 Å². The minimum absolute atomic E-state index is 0.0447. The molecule has 20 heavy (non-hydrogen) atoms. The number of hydrogen-bond acceptors (Lipinski definition) is 3. The standard InChI is InChI=1S/C15H16N2O3/c1-10(4-7-14(18)19)17-15(20)12-5-6-13-11(9-12)3-2-8-16-13/h2-3,5-6,8-10H,4,7H2,1H3,(H,17,20)(H,18,19)/t10-/m1/s1. The van der Waals surface area contributed by atoms with Crippen LogP contribution in [0.5, 0.6) is 0 Å². The van der Waals surface area contributed by atoms with Crippen LogP contribution in [0.25, 0.3) is 10.9 Å². The van der Waals surface area contributed by atoms with E-state index in [1.807, 2.05) is 12.1 Å². The summed E-state index contributed by atoms with van der Waals surface area (Å²) in [4.78, 5) is 26.7. The Kier molecular flexibility index (Phi) is 4.30. The Morgan fingerprint density at radius 3 is 2.90 bits per heavy atom. The topological polar surface area (TPSA) is 79.3 Å². The molecule has 1 atom stereocenters. The van der Waals surface area contributed by atoms with Gasteiger partial charge in [0.1, 0.15) is 0 Å². The molecule has 0 radical (unpaired) electrons. The highest BCUT2D eigenvalue weighted by atomic mass is 16.4. The first kappa shape index (κ1) is 14.0. The van der Waals surface area contributed by atoms with E-state index in [9.17, 15) is 9.59 Å². The van der Waals surface area contributed by atoms with Crippen LogP contribution in [-0.2, 0) is 4.79 Å². The molecular weight excluding hydrogens is 256 g/mol. The number of hydrogen-bond donors (Lipinski definition) is 2. The fraction of sp³-hybridized carbons (Fsp3) is 0.267. The lowest BCUT2D eigenvalue weighted by Crippen LogP contribution is -2.32. The molecule has 1 aromatic carbocycles. The van der Waals surface area contributed by atoms with Gasteiger partial charge in [0.05, 0.1) is 5.52 Å². The van der Waals surface area contributed by atoms with E-state index in [0.29, 0.717) is 12.0 Å². The number of carbonyl (C=O) groups is 2. The molecule has 0 saturated heterocycles. The minimum atomic E-state index is -0.858. The van der Waals surface area contributed by atoms with Gasteiger partial charge in [-0.2, -0.15) is 0 Å². The SMILES string of the molecule is C[C@H](CCC(=O)O)NC(=O)c1ccc2ncccc2c1. The molecule has 0 bridgehead atoms. The average molecular weight is 272 g/mol. The molecule has 2 N–H and O–H groups in total. The highest BCUT2D eigenvalue weighted by molar-refractivity contribution is 5.98. The van der Waals surface area contributed by atoms with Gasteiger partial charge in [0.15, 0.2) is 0 Å². The summed E-state index contributed by atoms with van der Waals surface area (Å²) in [5.41, 5.74) is 1.38. The Labute approximate surface area is 116 Å². The summed E-state index contributed by atoms with van der Waals surface area (Å²) in [6.07, 6.45) is 2.16. The summed E-state index contributed by atoms with van der Waals surface area (Å²) in [6.45, 7) is 1.80. The van der Waals surface area contributed by atoms with Gasteiger partial charge in [0, 0.05) is 29.6 Å². The number of aromatic nitrogens is 1. The molecule has 0 saturated carbocycles.